The molecule has 0 aromatic carbocycles. The fourth-order valence-electron chi connectivity index (χ4n) is 3.78. The first-order valence-electron chi connectivity index (χ1n) is 5.40. The maximum atomic E-state index is 11.8. The SMILES string of the molecule is COC(=O)C12CC3CC1C(OC2=O)C3C. The maximum absolute atomic E-state index is 11.8. The van der Waals surface area contributed by atoms with E-state index in [1.165, 1.54) is 7.11 Å². The number of ether oxygens (including phenoxy) is 2. The maximum Gasteiger partial charge on any atom is 0.324 e. The Morgan fingerprint density at radius 3 is 2.93 bits per heavy atom. The van der Waals surface area contributed by atoms with Gasteiger partial charge in [0.2, 0.25) is 0 Å². The van der Waals surface area contributed by atoms with Gasteiger partial charge in [0, 0.05) is 5.92 Å². The lowest BCUT2D eigenvalue weighted by Crippen LogP contribution is -2.42. The molecule has 5 unspecified atom stereocenters. The molecule has 1 aliphatic heterocycles. The van der Waals surface area contributed by atoms with Crippen LogP contribution in [0.15, 0.2) is 0 Å². The summed E-state index contributed by atoms with van der Waals surface area (Å²) in [6, 6.07) is 0. The molecule has 3 rings (SSSR count). The number of esters is 2. The number of hydrogen-bond donors (Lipinski definition) is 0. The van der Waals surface area contributed by atoms with E-state index in [4.69, 9.17) is 9.47 Å². The van der Waals surface area contributed by atoms with Crippen molar-refractivity contribution >= 4 is 11.9 Å². The van der Waals surface area contributed by atoms with Gasteiger partial charge < -0.3 is 9.47 Å². The summed E-state index contributed by atoms with van der Waals surface area (Å²) in [6.07, 6.45) is 1.52. The highest BCUT2D eigenvalue weighted by atomic mass is 16.6. The van der Waals surface area contributed by atoms with E-state index in [0.29, 0.717) is 18.3 Å². The predicted octanol–water partition coefficient (Wildman–Crippen LogP) is 0.747. The molecule has 2 aliphatic carbocycles. The molecule has 0 N–H and O–H groups in total. The second kappa shape index (κ2) is 2.54. The summed E-state index contributed by atoms with van der Waals surface area (Å²) in [5.41, 5.74) is -0.948. The molecule has 3 fully saturated rings. The molecule has 0 amide bonds. The Labute approximate surface area is 87.9 Å². The van der Waals surface area contributed by atoms with Crippen LogP contribution < -0.4 is 0 Å². The van der Waals surface area contributed by atoms with E-state index < -0.39 is 11.4 Å². The standard InChI is InChI=1S/C11H14O4/c1-5-6-3-7-8(5)15-10(13)11(7,4-6)9(12)14-2/h5-8H,3-4H2,1-2H3. The van der Waals surface area contributed by atoms with Gasteiger partial charge in [-0.2, -0.15) is 0 Å². The van der Waals surface area contributed by atoms with Gasteiger partial charge in [-0.15, -0.1) is 0 Å². The largest absolute Gasteiger partial charge is 0.468 e. The van der Waals surface area contributed by atoms with Crippen LogP contribution in [0, 0.1) is 23.2 Å². The fourth-order valence-corrected chi connectivity index (χ4v) is 3.78. The van der Waals surface area contributed by atoms with Crippen LogP contribution in [0.3, 0.4) is 0 Å². The van der Waals surface area contributed by atoms with Crippen molar-refractivity contribution in [2.24, 2.45) is 23.2 Å². The quantitative estimate of drug-likeness (QED) is 0.473. The topological polar surface area (TPSA) is 52.6 Å². The van der Waals surface area contributed by atoms with Gasteiger partial charge in [0.25, 0.3) is 0 Å². The first-order chi connectivity index (χ1) is 7.11. The van der Waals surface area contributed by atoms with Crippen molar-refractivity contribution < 1.29 is 19.1 Å². The first-order valence-corrected chi connectivity index (χ1v) is 5.40. The van der Waals surface area contributed by atoms with Crippen LogP contribution in [-0.2, 0) is 19.1 Å². The van der Waals surface area contributed by atoms with Crippen LogP contribution in [0.2, 0.25) is 0 Å². The van der Waals surface area contributed by atoms with E-state index >= 15 is 0 Å². The molecule has 0 radical (unpaired) electrons. The molecule has 0 aromatic rings. The summed E-state index contributed by atoms with van der Waals surface area (Å²) < 4.78 is 10.1. The molecule has 0 aromatic heterocycles. The molecule has 3 aliphatic rings. The minimum atomic E-state index is -0.948. The lowest BCUT2D eigenvalue weighted by molar-refractivity contribution is -0.163. The van der Waals surface area contributed by atoms with Crippen molar-refractivity contribution in [3.8, 4) is 0 Å². The van der Waals surface area contributed by atoms with Gasteiger partial charge in [0.1, 0.15) is 6.10 Å². The van der Waals surface area contributed by atoms with Crippen LogP contribution in [-0.4, -0.2) is 25.2 Å². The third-order valence-electron chi connectivity index (χ3n) is 4.59. The Kier molecular flexibility index (Phi) is 1.56. The van der Waals surface area contributed by atoms with Crippen LogP contribution in [0.4, 0.5) is 0 Å². The zero-order valence-corrected chi connectivity index (χ0v) is 8.86. The van der Waals surface area contributed by atoms with Gasteiger partial charge in [-0.1, -0.05) is 6.92 Å². The zero-order chi connectivity index (χ0) is 10.8. The third-order valence-corrected chi connectivity index (χ3v) is 4.59. The average molecular weight is 210 g/mol. The Morgan fingerprint density at radius 1 is 1.60 bits per heavy atom. The highest BCUT2D eigenvalue weighted by molar-refractivity contribution is 6.02. The number of carbonyl (C=O) groups excluding carboxylic acids is 2. The monoisotopic (exact) mass is 210 g/mol. The first kappa shape index (κ1) is 9.19. The fraction of sp³-hybridized carbons (Fsp3) is 0.818. The molecule has 15 heavy (non-hydrogen) atoms. The Hall–Kier alpha value is -1.06. The van der Waals surface area contributed by atoms with E-state index in [0.717, 1.165) is 6.42 Å². The second-order valence-corrected chi connectivity index (χ2v) is 5.00. The molecule has 2 saturated carbocycles. The zero-order valence-electron chi connectivity index (χ0n) is 8.86. The summed E-state index contributed by atoms with van der Waals surface area (Å²) in [6.45, 7) is 2.11. The normalized spacial score (nSPS) is 50.7. The number of hydrogen-bond acceptors (Lipinski definition) is 4. The van der Waals surface area contributed by atoms with E-state index in [-0.39, 0.29) is 18.0 Å². The van der Waals surface area contributed by atoms with Gasteiger partial charge in [0.15, 0.2) is 5.41 Å². The Balaban J connectivity index is 2.06. The molecular weight excluding hydrogens is 196 g/mol. The molecule has 1 heterocycles. The molecule has 1 saturated heterocycles. The van der Waals surface area contributed by atoms with Crippen molar-refractivity contribution in [2.45, 2.75) is 25.9 Å². The molecular formula is C11H14O4. The van der Waals surface area contributed by atoms with Gasteiger partial charge in [-0.05, 0) is 24.7 Å². The van der Waals surface area contributed by atoms with Gasteiger partial charge in [0.05, 0.1) is 7.11 Å². The molecule has 5 atom stereocenters. The van der Waals surface area contributed by atoms with Crippen molar-refractivity contribution in [1.29, 1.82) is 0 Å². The third kappa shape index (κ3) is 0.802. The number of fused-ring (bicyclic) bond motifs is 1. The minimum Gasteiger partial charge on any atom is -0.468 e. The predicted molar refractivity (Wildman–Crippen MR) is 49.7 cm³/mol. The van der Waals surface area contributed by atoms with E-state index in [2.05, 4.69) is 6.92 Å². The van der Waals surface area contributed by atoms with Crippen LogP contribution in [0.1, 0.15) is 19.8 Å². The molecule has 2 bridgehead atoms. The summed E-state index contributed by atoms with van der Waals surface area (Å²) in [4.78, 5) is 23.6. The molecule has 0 spiro atoms. The van der Waals surface area contributed by atoms with Gasteiger partial charge in [-0.3, -0.25) is 9.59 Å². The van der Waals surface area contributed by atoms with E-state index in [1.807, 2.05) is 0 Å². The molecule has 4 heteroatoms. The van der Waals surface area contributed by atoms with E-state index in [1.54, 1.807) is 0 Å². The van der Waals surface area contributed by atoms with Gasteiger partial charge in [-0.25, -0.2) is 0 Å². The van der Waals surface area contributed by atoms with Crippen LogP contribution in [0.5, 0.6) is 0 Å². The number of methoxy groups -OCH3 is 1. The highest BCUT2D eigenvalue weighted by Gasteiger charge is 2.73. The van der Waals surface area contributed by atoms with Gasteiger partial charge >= 0.3 is 11.9 Å². The summed E-state index contributed by atoms with van der Waals surface area (Å²) in [5.74, 6) is 0.174. The Bertz CT molecular complexity index is 350. The highest BCUT2D eigenvalue weighted by Crippen LogP contribution is 2.64. The molecule has 82 valence electrons. The lowest BCUT2D eigenvalue weighted by atomic mass is 9.71. The van der Waals surface area contributed by atoms with Crippen molar-refractivity contribution in [2.75, 3.05) is 7.11 Å². The van der Waals surface area contributed by atoms with Crippen LogP contribution in [0.25, 0.3) is 0 Å². The number of rotatable bonds is 1. The van der Waals surface area contributed by atoms with Crippen molar-refractivity contribution in [1.82, 2.24) is 0 Å². The number of carbonyl (C=O) groups is 2. The minimum absolute atomic E-state index is 0.0460. The lowest BCUT2D eigenvalue weighted by Gasteiger charge is -2.28. The Morgan fingerprint density at radius 2 is 2.33 bits per heavy atom. The second-order valence-electron chi connectivity index (χ2n) is 5.00. The van der Waals surface area contributed by atoms with Crippen molar-refractivity contribution in [3.63, 3.8) is 0 Å². The van der Waals surface area contributed by atoms with Crippen LogP contribution >= 0.6 is 0 Å². The summed E-state index contributed by atoms with van der Waals surface area (Å²) >= 11 is 0. The smallest absolute Gasteiger partial charge is 0.324 e. The van der Waals surface area contributed by atoms with E-state index in [9.17, 15) is 9.59 Å². The summed E-state index contributed by atoms with van der Waals surface area (Å²) in [7, 11) is 1.34. The van der Waals surface area contributed by atoms with Crippen molar-refractivity contribution in [3.05, 3.63) is 0 Å². The summed E-state index contributed by atoms with van der Waals surface area (Å²) in [5, 5.41) is 0. The molecule has 4 nitrogen and oxygen atoms in total. The average Bonchev–Trinajstić information content (AvgIpc) is 2.80.